The molecule has 0 spiro atoms. The summed E-state index contributed by atoms with van der Waals surface area (Å²) in [5.74, 6) is -0.844. The number of nitro benzene ring substituents is 1. The van der Waals surface area contributed by atoms with Gasteiger partial charge in [-0.15, -0.1) is 21.5 Å². The number of carbonyl (C=O) groups is 3. The second kappa shape index (κ2) is 13.6. The second-order valence-electron chi connectivity index (χ2n) is 9.49. The van der Waals surface area contributed by atoms with Gasteiger partial charge in [0.2, 0.25) is 5.91 Å². The molecule has 3 aromatic heterocycles. The van der Waals surface area contributed by atoms with Gasteiger partial charge in [-0.3, -0.25) is 24.3 Å². The largest absolute Gasteiger partial charge is 0.462 e. The Labute approximate surface area is 254 Å². The third kappa shape index (κ3) is 6.94. The topological polar surface area (TPSA) is 171 Å². The summed E-state index contributed by atoms with van der Waals surface area (Å²) in [7, 11) is 0. The van der Waals surface area contributed by atoms with Crippen molar-refractivity contribution in [3.05, 3.63) is 80.4 Å². The second-order valence-corrected chi connectivity index (χ2v) is 11.5. The van der Waals surface area contributed by atoms with Crippen LogP contribution in [-0.2, 0) is 28.9 Å². The van der Waals surface area contributed by atoms with Crippen LogP contribution in [0.2, 0.25) is 0 Å². The Kier molecular flexibility index (Phi) is 9.51. The number of aryl methyl sites for hydroxylation is 1. The van der Waals surface area contributed by atoms with Gasteiger partial charge < -0.3 is 19.8 Å². The number of carbonyl (C=O) groups excluding carboxylic acids is 3. The number of anilines is 1. The number of non-ortho nitro benzene ring substituents is 1. The highest BCUT2D eigenvalue weighted by atomic mass is 32.2. The SMILES string of the molecule is CCOC(=O)c1c(NC(=O)CSc2nnc(CNC(=O)c3ccco3)n2-c2ccc([N+](=O)[O-])cc2)sc2c1CCCCC2. The van der Waals surface area contributed by atoms with Gasteiger partial charge in [0.05, 0.1) is 35.7 Å². The van der Waals surface area contributed by atoms with Gasteiger partial charge in [-0.25, -0.2) is 4.79 Å². The number of thiophene rings is 1. The average molecular weight is 625 g/mol. The Balaban J connectivity index is 1.35. The van der Waals surface area contributed by atoms with Crippen LogP contribution in [-0.4, -0.2) is 49.8 Å². The fraction of sp³-hybridized carbons (Fsp3) is 0.321. The molecule has 15 heteroatoms. The normalized spacial score (nSPS) is 12.7. The first kappa shape index (κ1) is 30.0. The van der Waals surface area contributed by atoms with Crippen molar-refractivity contribution in [1.29, 1.82) is 0 Å². The summed E-state index contributed by atoms with van der Waals surface area (Å²) in [6.45, 7) is 1.95. The number of hydrogen-bond donors (Lipinski definition) is 2. The van der Waals surface area contributed by atoms with Crippen molar-refractivity contribution in [1.82, 2.24) is 20.1 Å². The lowest BCUT2D eigenvalue weighted by molar-refractivity contribution is -0.384. The van der Waals surface area contributed by atoms with Gasteiger partial charge >= 0.3 is 5.97 Å². The van der Waals surface area contributed by atoms with Crippen LogP contribution in [0.15, 0.2) is 52.2 Å². The van der Waals surface area contributed by atoms with E-state index in [9.17, 15) is 24.5 Å². The first-order valence-electron chi connectivity index (χ1n) is 13.6. The summed E-state index contributed by atoms with van der Waals surface area (Å²) in [4.78, 5) is 50.2. The zero-order chi connectivity index (χ0) is 30.3. The average Bonchev–Trinajstić information content (AvgIpc) is 3.71. The molecule has 0 saturated carbocycles. The molecular weight excluding hydrogens is 596 g/mol. The molecule has 13 nitrogen and oxygen atoms in total. The predicted molar refractivity (Wildman–Crippen MR) is 159 cm³/mol. The number of benzene rings is 1. The van der Waals surface area contributed by atoms with Crippen molar-refractivity contribution in [2.45, 2.75) is 50.7 Å². The maximum absolute atomic E-state index is 13.1. The molecule has 1 aliphatic rings. The first-order chi connectivity index (χ1) is 20.9. The molecular formula is C28H28N6O7S2. The van der Waals surface area contributed by atoms with Crippen LogP contribution in [0.4, 0.5) is 10.7 Å². The lowest BCUT2D eigenvalue weighted by Gasteiger charge is -2.11. The number of nitrogens with zero attached hydrogens (tertiary/aromatic N) is 4. The fourth-order valence-corrected chi connectivity index (χ4v) is 6.75. The van der Waals surface area contributed by atoms with Crippen molar-refractivity contribution in [2.75, 3.05) is 17.7 Å². The quantitative estimate of drug-likeness (QED) is 0.0766. The van der Waals surface area contributed by atoms with Gasteiger partial charge in [0.25, 0.3) is 11.6 Å². The van der Waals surface area contributed by atoms with E-state index < -0.39 is 16.8 Å². The molecule has 0 radical (unpaired) electrons. The number of ether oxygens (including phenoxy) is 1. The molecule has 0 saturated heterocycles. The van der Waals surface area contributed by atoms with Gasteiger partial charge in [0.15, 0.2) is 16.7 Å². The molecule has 5 rings (SSSR count). The first-order valence-corrected chi connectivity index (χ1v) is 15.4. The number of thioether (sulfide) groups is 1. The highest BCUT2D eigenvalue weighted by Gasteiger charge is 2.27. The van der Waals surface area contributed by atoms with E-state index in [4.69, 9.17) is 9.15 Å². The Bertz CT molecular complexity index is 1630. The molecule has 1 aromatic carbocycles. The number of hydrogen-bond acceptors (Lipinski definition) is 11. The van der Waals surface area contributed by atoms with E-state index in [0.29, 0.717) is 27.2 Å². The maximum Gasteiger partial charge on any atom is 0.341 e. The molecule has 1 aliphatic carbocycles. The number of aromatic nitrogens is 3. The number of nitrogens with one attached hydrogen (secondary N) is 2. The van der Waals surface area contributed by atoms with Crippen LogP contribution in [0.5, 0.6) is 0 Å². The van der Waals surface area contributed by atoms with Crippen molar-refractivity contribution in [3.63, 3.8) is 0 Å². The standard InChI is InChI=1S/C28H28N6O7S2/c1-2-40-27(37)24-19-7-4-3-5-9-21(19)43-26(24)30-23(35)16-42-28-32-31-22(15-29-25(36)20-8-6-14-41-20)33(28)17-10-12-18(13-11-17)34(38)39/h6,8,10-14H,2-5,7,9,15-16H2,1H3,(H,29,36)(H,30,35). The van der Waals surface area contributed by atoms with E-state index in [1.54, 1.807) is 17.6 Å². The Morgan fingerprint density at radius 3 is 2.65 bits per heavy atom. The number of nitro groups is 1. The fourth-order valence-electron chi connectivity index (χ4n) is 4.69. The molecule has 0 atom stereocenters. The van der Waals surface area contributed by atoms with E-state index >= 15 is 0 Å². The van der Waals surface area contributed by atoms with E-state index in [0.717, 1.165) is 54.3 Å². The van der Waals surface area contributed by atoms with Crippen LogP contribution in [0, 0.1) is 10.1 Å². The third-order valence-corrected chi connectivity index (χ3v) is 8.79. The molecule has 0 bridgehead atoms. The van der Waals surface area contributed by atoms with Gasteiger partial charge in [0, 0.05) is 22.7 Å². The molecule has 3 heterocycles. The molecule has 2 N–H and O–H groups in total. The minimum absolute atomic E-state index is 0.0279. The molecule has 0 unspecified atom stereocenters. The molecule has 0 fully saturated rings. The highest BCUT2D eigenvalue weighted by molar-refractivity contribution is 7.99. The van der Waals surface area contributed by atoms with Crippen molar-refractivity contribution in [3.8, 4) is 5.69 Å². The third-order valence-electron chi connectivity index (χ3n) is 6.66. The zero-order valence-electron chi connectivity index (χ0n) is 23.2. The highest BCUT2D eigenvalue weighted by Crippen LogP contribution is 2.38. The smallest absolute Gasteiger partial charge is 0.341 e. The van der Waals surface area contributed by atoms with Gasteiger partial charge in [-0.05, 0) is 62.4 Å². The number of rotatable bonds is 11. The maximum atomic E-state index is 13.1. The lowest BCUT2D eigenvalue weighted by Crippen LogP contribution is -2.24. The Hall–Kier alpha value is -4.50. The Morgan fingerprint density at radius 2 is 1.93 bits per heavy atom. The zero-order valence-corrected chi connectivity index (χ0v) is 24.8. The van der Waals surface area contributed by atoms with E-state index in [1.807, 2.05) is 0 Å². The number of amides is 2. The predicted octanol–water partition coefficient (Wildman–Crippen LogP) is 4.94. The van der Waals surface area contributed by atoms with Crippen molar-refractivity contribution in [2.24, 2.45) is 0 Å². The number of fused-ring (bicyclic) bond motifs is 1. The summed E-state index contributed by atoms with van der Waals surface area (Å²) in [5.41, 5.74) is 1.81. The molecule has 2 amide bonds. The van der Waals surface area contributed by atoms with E-state index in [1.165, 1.54) is 47.9 Å². The van der Waals surface area contributed by atoms with Crippen molar-refractivity contribution >= 4 is 51.6 Å². The van der Waals surface area contributed by atoms with E-state index in [2.05, 4.69) is 20.8 Å². The van der Waals surface area contributed by atoms with Crippen LogP contribution in [0.3, 0.4) is 0 Å². The van der Waals surface area contributed by atoms with Gasteiger partial charge in [-0.1, -0.05) is 18.2 Å². The number of furan rings is 1. The summed E-state index contributed by atoms with van der Waals surface area (Å²) in [5, 5.41) is 26.0. The minimum atomic E-state index is -0.505. The van der Waals surface area contributed by atoms with Crippen LogP contribution in [0.25, 0.3) is 5.69 Å². The monoisotopic (exact) mass is 624 g/mol. The summed E-state index contributed by atoms with van der Waals surface area (Å²) in [6, 6.07) is 8.88. The van der Waals surface area contributed by atoms with Gasteiger partial charge in [-0.2, -0.15) is 0 Å². The minimum Gasteiger partial charge on any atom is -0.462 e. The summed E-state index contributed by atoms with van der Waals surface area (Å²) in [6.07, 6.45) is 6.10. The molecule has 43 heavy (non-hydrogen) atoms. The van der Waals surface area contributed by atoms with Crippen LogP contribution < -0.4 is 10.6 Å². The van der Waals surface area contributed by atoms with Crippen LogP contribution in [0.1, 0.15) is 63.4 Å². The van der Waals surface area contributed by atoms with E-state index in [-0.39, 0.29) is 36.3 Å². The van der Waals surface area contributed by atoms with Gasteiger partial charge in [0.1, 0.15) is 5.00 Å². The molecule has 0 aliphatic heterocycles. The Morgan fingerprint density at radius 1 is 1.14 bits per heavy atom. The molecule has 224 valence electrons. The molecule has 4 aromatic rings. The lowest BCUT2D eigenvalue weighted by atomic mass is 10.1. The van der Waals surface area contributed by atoms with Crippen LogP contribution >= 0.6 is 23.1 Å². The number of esters is 1. The van der Waals surface area contributed by atoms with Crippen molar-refractivity contribution < 1.29 is 28.5 Å². The summed E-state index contributed by atoms with van der Waals surface area (Å²) >= 11 is 2.51. The summed E-state index contributed by atoms with van der Waals surface area (Å²) < 4.78 is 12.1.